The van der Waals surface area contributed by atoms with Crippen molar-refractivity contribution in [3.63, 3.8) is 0 Å². The molecule has 7 heteroatoms. The quantitative estimate of drug-likeness (QED) is 0.476. The molecule has 1 N–H and O–H groups in total. The highest BCUT2D eigenvalue weighted by Crippen LogP contribution is 2.37. The maximum atomic E-state index is 13.3. The molecule has 0 saturated heterocycles. The zero-order valence-electron chi connectivity index (χ0n) is 15.3. The van der Waals surface area contributed by atoms with E-state index in [1.807, 2.05) is 30.3 Å². The lowest BCUT2D eigenvalue weighted by Gasteiger charge is -2.07. The summed E-state index contributed by atoms with van der Waals surface area (Å²) < 4.78 is 1.54. The summed E-state index contributed by atoms with van der Waals surface area (Å²) in [6.07, 6.45) is 0. The largest absolute Gasteiger partial charge is 0.317 e. The Kier molecular flexibility index (Phi) is 5.05. The van der Waals surface area contributed by atoms with Crippen molar-refractivity contribution in [2.24, 2.45) is 0 Å². The van der Waals surface area contributed by atoms with Gasteiger partial charge in [0, 0.05) is 29.0 Å². The van der Waals surface area contributed by atoms with Crippen molar-refractivity contribution in [1.29, 1.82) is 0 Å². The van der Waals surface area contributed by atoms with E-state index in [1.54, 1.807) is 34.9 Å². The standard InChI is InChI=1S/C22H15ClN2O3S/c1-13(26)24-21-19(20(28)14-6-5-7-15(23)12-14)17-10-11-18(27)25(22(17)29-21)16-8-3-2-4-9-16/h2-12H,1H3,(H,24,26). The van der Waals surface area contributed by atoms with Gasteiger partial charge in [-0.3, -0.25) is 19.0 Å². The molecule has 0 saturated carbocycles. The number of anilines is 1. The Balaban J connectivity index is 2.02. The SMILES string of the molecule is CC(=O)Nc1sc2c(ccc(=O)n2-c2ccccc2)c1C(=O)c1cccc(Cl)c1. The number of carbonyl (C=O) groups is 2. The monoisotopic (exact) mass is 422 g/mol. The summed E-state index contributed by atoms with van der Waals surface area (Å²) in [5, 5.41) is 4.16. The smallest absolute Gasteiger partial charge is 0.256 e. The Labute approximate surface area is 175 Å². The van der Waals surface area contributed by atoms with Crippen LogP contribution in [0.4, 0.5) is 5.00 Å². The molecule has 0 radical (unpaired) electrons. The van der Waals surface area contributed by atoms with Crippen molar-refractivity contribution in [3.8, 4) is 5.69 Å². The molecule has 0 atom stereocenters. The number of nitrogens with zero attached hydrogens (tertiary/aromatic N) is 1. The van der Waals surface area contributed by atoms with Gasteiger partial charge in [-0.15, -0.1) is 0 Å². The van der Waals surface area contributed by atoms with Crippen molar-refractivity contribution >= 4 is 49.8 Å². The first-order valence-corrected chi connectivity index (χ1v) is 9.97. The second-order valence-electron chi connectivity index (χ2n) is 6.39. The van der Waals surface area contributed by atoms with E-state index in [-0.39, 0.29) is 17.2 Å². The van der Waals surface area contributed by atoms with Gasteiger partial charge in [-0.2, -0.15) is 0 Å². The minimum absolute atomic E-state index is 0.221. The van der Waals surface area contributed by atoms with Crippen LogP contribution in [0.25, 0.3) is 15.9 Å². The van der Waals surface area contributed by atoms with Gasteiger partial charge in [-0.05, 0) is 30.3 Å². The first-order chi connectivity index (χ1) is 14.0. The third kappa shape index (κ3) is 3.60. The molecular formula is C22H15ClN2O3S. The van der Waals surface area contributed by atoms with E-state index in [4.69, 9.17) is 11.6 Å². The zero-order valence-corrected chi connectivity index (χ0v) is 16.9. The van der Waals surface area contributed by atoms with Gasteiger partial charge in [-0.25, -0.2) is 0 Å². The molecule has 0 aliphatic carbocycles. The fourth-order valence-electron chi connectivity index (χ4n) is 3.15. The lowest BCUT2D eigenvalue weighted by Crippen LogP contribution is -2.16. The van der Waals surface area contributed by atoms with Gasteiger partial charge in [0.25, 0.3) is 5.56 Å². The fourth-order valence-corrected chi connectivity index (χ4v) is 4.60. The molecule has 29 heavy (non-hydrogen) atoms. The van der Waals surface area contributed by atoms with E-state index in [9.17, 15) is 14.4 Å². The van der Waals surface area contributed by atoms with Crippen molar-refractivity contribution < 1.29 is 9.59 Å². The van der Waals surface area contributed by atoms with Crippen molar-refractivity contribution in [2.45, 2.75) is 6.92 Å². The number of aromatic nitrogens is 1. The molecule has 5 nitrogen and oxygen atoms in total. The minimum Gasteiger partial charge on any atom is -0.317 e. The molecule has 0 aliphatic heterocycles. The summed E-state index contributed by atoms with van der Waals surface area (Å²) >= 11 is 7.25. The summed E-state index contributed by atoms with van der Waals surface area (Å²) in [6.45, 7) is 1.38. The number of amides is 1. The number of carbonyl (C=O) groups excluding carboxylic acids is 2. The summed E-state index contributed by atoms with van der Waals surface area (Å²) in [6, 6.07) is 18.8. The van der Waals surface area contributed by atoms with Crippen molar-refractivity contribution in [3.05, 3.63) is 93.2 Å². The van der Waals surface area contributed by atoms with Gasteiger partial charge in [0.05, 0.1) is 11.3 Å². The Morgan fingerprint density at radius 3 is 2.45 bits per heavy atom. The average Bonchev–Trinajstić information content (AvgIpc) is 3.05. The molecule has 1 amide bonds. The number of ketones is 1. The molecule has 144 valence electrons. The third-order valence-corrected chi connectivity index (χ3v) is 5.70. The third-order valence-electron chi connectivity index (χ3n) is 4.36. The average molecular weight is 423 g/mol. The van der Waals surface area contributed by atoms with Gasteiger partial charge in [0.15, 0.2) is 5.78 Å². The number of thiophene rings is 1. The van der Waals surface area contributed by atoms with Crippen LogP contribution < -0.4 is 10.9 Å². The lowest BCUT2D eigenvalue weighted by molar-refractivity contribution is -0.114. The van der Waals surface area contributed by atoms with E-state index in [0.717, 1.165) is 0 Å². The topological polar surface area (TPSA) is 68.2 Å². The number of hydrogen-bond acceptors (Lipinski definition) is 4. The highest BCUT2D eigenvalue weighted by molar-refractivity contribution is 7.23. The number of nitrogens with one attached hydrogen (secondary N) is 1. The molecule has 0 bridgehead atoms. The van der Waals surface area contributed by atoms with Crippen LogP contribution in [-0.4, -0.2) is 16.3 Å². The van der Waals surface area contributed by atoms with Gasteiger partial charge in [0.1, 0.15) is 9.83 Å². The minimum atomic E-state index is -0.301. The first-order valence-electron chi connectivity index (χ1n) is 8.77. The molecule has 0 fully saturated rings. The summed E-state index contributed by atoms with van der Waals surface area (Å²) in [4.78, 5) is 38.3. The fraction of sp³-hybridized carbons (Fsp3) is 0.0455. The van der Waals surface area contributed by atoms with E-state index < -0.39 is 0 Å². The molecule has 4 aromatic rings. The Morgan fingerprint density at radius 2 is 1.76 bits per heavy atom. The van der Waals surface area contributed by atoms with Crippen LogP contribution >= 0.6 is 22.9 Å². The van der Waals surface area contributed by atoms with Crippen LogP contribution in [0.2, 0.25) is 5.02 Å². The second-order valence-corrected chi connectivity index (χ2v) is 7.82. The second kappa shape index (κ2) is 7.66. The van der Waals surface area contributed by atoms with Gasteiger partial charge in [-0.1, -0.05) is 53.3 Å². The van der Waals surface area contributed by atoms with E-state index in [1.165, 1.54) is 24.3 Å². The predicted octanol–water partition coefficient (Wildman–Crippen LogP) is 4.90. The highest BCUT2D eigenvalue weighted by atomic mass is 35.5. The van der Waals surface area contributed by atoms with Gasteiger partial charge >= 0.3 is 0 Å². The number of benzene rings is 2. The van der Waals surface area contributed by atoms with Gasteiger partial charge in [0.2, 0.25) is 5.91 Å². The number of para-hydroxylation sites is 1. The number of fused-ring (bicyclic) bond motifs is 1. The number of pyridine rings is 1. The van der Waals surface area contributed by atoms with E-state index in [2.05, 4.69) is 5.32 Å². The van der Waals surface area contributed by atoms with Crippen LogP contribution in [0, 0.1) is 0 Å². The van der Waals surface area contributed by atoms with Gasteiger partial charge < -0.3 is 5.32 Å². The molecule has 4 rings (SSSR count). The summed E-state index contributed by atoms with van der Waals surface area (Å²) in [5.41, 5.74) is 1.20. The summed E-state index contributed by atoms with van der Waals surface area (Å²) in [5.74, 6) is -0.578. The Hall–Kier alpha value is -3.22. The van der Waals surface area contributed by atoms with Crippen molar-refractivity contribution in [2.75, 3.05) is 5.32 Å². The van der Waals surface area contributed by atoms with Crippen LogP contribution in [0.3, 0.4) is 0 Å². The number of halogens is 1. The Bertz CT molecular complexity index is 1310. The van der Waals surface area contributed by atoms with Crippen molar-refractivity contribution in [1.82, 2.24) is 4.57 Å². The van der Waals surface area contributed by atoms with E-state index >= 15 is 0 Å². The molecule has 2 aromatic heterocycles. The predicted molar refractivity (Wildman–Crippen MR) is 117 cm³/mol. The van der Waals surface area contributed by atoms with Crippen LogP contribution in [0.5, 0.6) is 0 Å². The van der Waals surface area contributed by atoms with Crippen LogP contribution in [-0.2, 0) is 4.79 Å². The highest BCUT2D eigenvalue weighted by Gasteiger charge is 2.23. The maximum Gasteiger partial charge on any atom is 0.256 e. The van der Waals surface area contributed by atoms with Crippen LogP contribution in [0.1, 0.15) is 22.8 Å². The Morgan fingerprint density at radius 1 is 1.00 bits per heavy atom. The number of rotatable bonds is 4. The molecule has 0 aliphatic rings. The molecular weight excluding hydrogens is 408 g/mol. The van der Waals surface area contributed by atoms with Crippen LogP contribution in [0.15, 0.2) is 71.5 Å². The van der Waals surface area contributed by atoms with E-state index in [0.29, 0.717) is 37.1 Å². The number of hydrogen-bond donors (Lipinski definition) is 1. The maximum absolute atomic E-state index is 13.3. The molecule has 2 aromatic carbocycles. The molecule has 0 spiro atoms. The molecule has 0 unspecified atom stereocenters. The lowest BCUT2D eigenvalue weighted by atomic mass is 10.0. The zero-order chi connectivity index (χ0) is 20.5. The normalized spacial score (nSPS) is 10.8. The molecule has 2 heterocycles. The first kappa shape index (κ1) is 19.1. The summed E-state index contributed by atoms with van der Waals surface area (Å²) in [7, 11) is 0.